The minimum atomic E-state index is -0.418. The number of amides is 1. The summed E-state index contributed by atoms with van der Waals surface area (Å²) in [6.07, 6.45) is 4.31. The molecule has 6 heteroatoms. The molecule has 2 aromatic rings. The number of nitrogens with one attached hydrogen (secondary N) is 1. The SMILES string of the molecule is O=C(Nc1cncnc1)c1cc(Br)ccc1O. The van der Waals surface area contributed by atoms with E-state index in [-0.39, 0.29) is 11.3 Å². The van der Waals surface area contributed by atoms with E-state index in [1.54, 1.807) is 6.07 Å². The third-order valence-electron chi connectivity index (χ3n) is 2.02. The van der Waals surface area contributed by atoms with Crippen LogP contribution in [-0.2, 0) is 0 Å². The number of aromatic hydroxyl groups is 1. The summed E-state index contributed by atoms with van der Waals surface area (Å²) in [7, 11) is 0. The van der Waals surface area contributed by atoms with Gasteiger partial charge in [-0.25, -0.2) is 9.97 Å². The molecule has 1 aromatic heterocycles. The first-order chi connectivity index (χ1) is 8.16. The van der Waals surface area contributed by atoms with Gasteiger partial charge in [0.1, 0.15) is 12.1 Å². The quantitative estimate of drug-likeness (QED) is 0.890. The van der Waals surface area contributed by atoms with E-state index < -0.39 is 5.91 Å². The Bertz CT molecular complexity index is 546. The number of carbonyl (C=O) groups is 1. The van der Waals surface area contributed by atoms with Crippen molar-refractivity contribution in [3.8, 4) is 5.75 Å². The van der Waals surface area contributed by atoms with Crippen LogP contribution in [0.4, 0.5) is 5.69 Å². The van der Waals surface area contributed by atoms with Crippen molar-refractivity contribution >= 4 is 27.5 Å². The average molecular weight is 294 g/mol. The molecule has 1 heterocycles. The molecular weight excluding hydrogens is 286 g/mol. The normalized spacial score (nSPS) is 9.94. The maximum Gasteiger partial charge on any atom is 0.259 e. The van der Waals surface area contributed by atoms with Gasteiger partial charge < -0.3 is 10.4 Å². The van der Waals surface area contributed by atoms with E-state index in [0.717, 1.165) is 0 Å². The number of phenols is 1. The molecule has 0 atom stereocenters. The van der Waals surface area contributed by atoms with Crippen LogP contribution >= 0.6 is 15.9 Å². The maximum absolute atomic E-state index is 11.8. The van der Waals surface area contributed by atoms with E-state index in [0.29, 0.717) is 10.2 Å². The molecule has 0 bridgehead atoms. The summed E-state index contributed by atoms with van der Waals surface area (Å²) in [4.78, 5) is 19.4. The first-order valence-electron chi connectivity index (χ1n) is 4.71. The fourth-order valence-electron chi connectivity index (χ4n) is 1.25. The van der Waals surface area contributed by atoms with E-state index in [2.05, 4.69) is 31.2 Å². The summed E-state index contributed by atoms with van der Waals surface area (Å²) < 4.78 is 0.713. The number of halogens is 1. The summed E-state index contributed by atoms with van der Waals surface area (Å²) >= 11 is 3.23. The van der Waals surface area contributed by atoms with Crippen molar-refractivity contribution in [2.24, 2.45) is 0 Å². The zero-order valence-corrected chi connectivity index (χ0v) is 10.2. The molecule has 0 saturated carbocycles. The second-order valence-corrected chi connectivity index (χ2v) is 4.16. The third kappa shape index (κ3) is 2.79. The topological polar surface area (TPSA) is 75.1 Å². The molecule has 17 heavy (non-hydrogen) atoms. The van der Waals surface area contributed by atoms with Gasteiger partial charge in [0.25, 0.3) is 5.91 Å². The highest BCUT2D eigenvalue weighted by atomic mass is 79.9. The van der Waals surface area contributed by atoms with Gasteiger partial charge in [0.2, 0.25) is 0 Å². The summed E-state index contributed by atoms with van der Waals surface area (Å²) in [5.41, 5.74) is 0.653. The number of anilines is 1. The monoisotopic (exact) mass is 293 g/mol. The molecule has 0 aliphatic rings. The zero-order chi connectivity index (χ0) is 12.3. The van der Waals surface area contributed by atoms with Gasteiger partial charge in [-0.3, -0.25) is 4.79 Å². The van der Waals surface area contributed by atoms with E-state index in [1.807, 2.05) is 0 Å². The molecule has 0 radical (unpaired) electrons. The molecule has 2 rings (SSSR count). The first-order valence-corrected chi connectivity index (χ1v) is 5.51. The van der Waals surface area contributed by atoms with Gasteiger partial charge in [0.15, 0.2) is 0 Å². The predicted molar refractivity (Wildman–Crippen MR) is 65.8 cm³/mol. The van der Waals surface area contributed by atoms with Gasteiger partial charge in [-0.15, -0.1) is 0 Å². The lowest BCUT2D eigenvalue weighted by atomic mass is 10.2. The lowest BCUT2D eigenvalue weighted by Crippen LogP contribution is -2.12. The fourth-order valence-corrected chi connectivity index (χ4v) is 1.61. The summed E-state index contributed by atoms with van der Waals surface area (Å²) in [6, 6.07) is 4.63. The Morgan fingerprint density at radius 2 is 2.00 bits per heavy atom. The minimum Gasteiger partial charge on any atom is -0.507 e. The number of aromatic nitrogens is 2. The van der Waals surface area contributed by atoms with Crippen LogP contribution in [0.3, 0.4) is 0 Å². The summed E-state index contributed by atoms with van der Waals surface area (Å²) in [6.45, 7) is 0. The van der Waals surface area contributed by atoms with Gasteiger partial charge in [-0.05, 0) is 18.2 Å². The van der Waals surface area contributed by atoms with E-state index in [4.69, 9.17) is 0 Å². The van der Waals surface area contributed by atoms with Crippen LogP contribution in [0, 0.1) is 0 Å². The van der Waals surface area contributed by atoms with Crippen LogP contribution in [-0.4, -0.2) is 21.0 Å². The highest BCUT2D eigenvalue weighted by molar-refractivity contribution is 9.10. The second kappa shape index (κ2) is 4.92. The van der Waals surface area contributed by atoms with E-state index in [1.165, 1.54) is 30.9 Å². The van der Waals surface area contributed by atoms with Crippen LogP contribution < -0.4 is 5.32 Å². The molecule has 0 unspecified atom stereocenters. The number of rotatable bonds is 2. The lowest BCUT2D eigenvalue weighted by Gasteiger charge is -2.06. The number of benzene rings is 1. The van der Waals surface area contributed by atoms with Gasteiger partial charge >= 0.3 is 0 Å². The first kappa shape index (κ1) is 11.5. The van der Waals surface area contributed by atoms with Crippen molar-refractivity contribution in [2.45, 2.75) is 0 Å². The maximum atomic E-state index is 11.8. The Hall–Kier alpha value is -1.95. The number of hydrogen-bond donors (Lipinski definition) is 2. The molecule has 1 aromatic carbocycles. The van der Waals surface area contributed by atoms with E-state index in [9.17, 15) is 9.90 Å². The summed E-state index contributed by atoms with van der Waals surface area (Å²) in [5, 5.41) is 12.2. The third-order valence-corrected chi connectivity index (χ3v) is 2.51. The standard InChI is InChI=1S/C11H8BrN3O2/c12-7-1-2-10(16)9(3-7)11(17)15-8-4-13-6-14-5-8/h1-6,16H,(H,15,17). The highest BCUT2D eigenvalue weighted by Gasteiger charge is 2.11. The Kier molecular flexibility index (Phi) is 3.34. The fraction of sp³-hybridized carbons (Fsp3) is 0. The number of carbonyl (C=O) groups excluding carboxylic acids is 1. The van der Waals surface area contributed by atoms with Crippen molar-refractivity contribution in [3.05, 3.63) is 47.0 Å². The number of nitrogens with zero attached hydrogens (tertiary/aromatic N) is 2. The van der Waals surface area contributed by atoms with Crippen molar-refractivity contribution in [1.29, 1.82) is 0 Å². The van der Waals surface area contributed by atoms with Crippen molar-refractivity contribution in [2.75, 3.05) is 5.32 Å². The minimum absolute atomic E-state index is 0.0810. The molecule has 5 nitrogen and oxygen atoms in total. The van der Waals surface area contributed by atoms with Crippen LogP contribution in [0.15, 0.2) is 41.4 Å². The Morgan fingerprint density at radius 3 is 2.71 bits per heavy atom. The Labute approximate surface area is 106 Å². The molecule has 1 amide bonds. The van der Waals surface area contributed by atoms with Crippen molar-refractivity contribution < 1.29 is 9.90 Å². The largest absolute Gasteiger partial charge is 0.507 e. The smallest absolute Gasteiger partial charge is 0.259 e. The molecule has 0 aliphatic carbocycles. The lowest BCUT2D eigenvalue weighted by molar-refractivity contribution is 0.102. The molecule has 2 N–H and O–H groups in total. The molecular formula is C11H8BrN3O2. The van der Waals surface area contributed by atoms with Crippen LogP contribution in [0.5, 0.6) is 5.75 Å². The van der Waals surface area contributed by atoms with Crippen LogP contribution in [0.25, 0.3) is 0 Å². The van der Waals surface area contributed by atoms with Gasteiger partial charge in [-0.2, -0.15) is 0 Å². The zero-order valence-electron chi connectivity index (χ0n) is 8.59. The molecule has 0 spiro atoms. The summed E-state index contributed by atoms with van der Waals surface area (Å²) in [5.74, 6) is -0.499. The molecule has 0 aliphatic heterocycles. The number of phenolic OH excluding ortho intramolecular Hbond substituents is 1. The van der Waals surface area contributed by atoms with Crippen LogP contribution in [0.1, 0.15) is 10.4 Å². The van der Waals surface area contributed by atoms with Crippen LogP contribution in [0.2, 0.25) is 0 Å². The van der Waals surface area contributed by atoms with Crippen molar-refractivity contribution in [1.82, 2.24) is 9.97 Å². The molecule has 0 saturated heterocycles. The van der Waals surface area contributed by atoms with Gasteiger partial charge in [0.05, 0.1) is 23.6 Å². The molecule has 86 valence electrons. The van der Waals surface area contributed by atoms with Crippen molar-refractivity contribution in [3.63, 3.8) is 0 Å². The Morgan fingerprint density at radius 1 is 1.29 bits per heavy atom. The predicted octanol–water partition coefficient (Wildman–Crippen LogP) is 2.20. The highest BCUT2D eigenvalue weighted by Crippen LogP contribution is 2.22. The Balaban J connectivity index is 2.23. The van der Waals surface area contributed by atoms with Gasteiger partial charge in [0, 0.05) is 4.47 Å². The second-order valence-electron chi connectivity index (χ2n) is 3.24. The van der Waals surface area contributed by atoms with E-state index >= 15 is 0 Å². The number of hydrogen-bond acceptors (Lipinski definition) is 4. The average Bonchev–Trinajstić information content (AvgIpc) is 2.33. The molecule has 0 fully saturated rings. The van der Waals surface area contributed by atoms with Gasteiger partial charge in [-0.1, -0.05) is 15.9 Å².